The monoisotopic (exact) mass is 402 g/mol. The first-order valence-electron chi connectivity index (χ1n) is 8.94. The summed E-state index contributed by atoms with van der Waals surface area (Å²) in [4.78, 5) is 24.5. The number of ether oxygens (including phenoxy) is 4. The van der Waals surface area contributed by atoms with Crippen LogP contribution in [-0.2, 0) is 22.7 Å². The molecule has 0 aliphatic heterocycles. The van der Waals surface area contributed by atoms with E-state index in [0.717, 1.165) is 11.1 Å². The maximum atomic E-state index is 12.4. The Labute approximate surface area is 170 Å². The van der Waals surface area contributed by atoms with Crippen molar-refractivity contribution in [3.05, 3.63) is 53.1 Å². The van der Waals surface area contributed by atoms with Crippen molar-refractivity contribution in [3.63, 3.8) is 0 Å². The van der Waals surface area contributed by atoms with Gasteiger partial charge in [-0.05, 0) is 23.3 Å². The average Bonchev–Trinajstić information content (AvgIpc) is 2.75. The van der Waals surface area contributed by atoms with Gasteiger partial charge in [-0.2, -0.15) is 0 Å². The molecule has 0 saturated heterocycles. The number of methoxy groups -OCH3 is 4. The predicted molar refractivity (Wildman–Crippen MR) is 107 cm³/mol. The minimum absolute atomic E-state index is 0.156. The quantitative estimate of drug-likeness (QED) is 0.630. The molecule has 0 aliphatic carbocycles. The third-order valence-electron chi connectivity index (χ3n) is 4.16. The zero-order valence-corrected chi connectivity index (χ0v) is 17.0. The number of rotatable bonds is 10. The van der Waals surface area contributed by atoms with Gasteiger partial charge in [-0.3, -0.25) is 9.59 Å². The molecule has 0 atom stereocenters. The van der Waals surface area contributed by atoms with Crippen molar-refractivity contribution < 1.29 is 28.5 Å². The van der Waals surface area contributed by atoms with Gasteiger partial charge in [0.15, 0.2) is 11.5 Å². The Morgan fingerprint density at radius 3 is 1.93 bits per heavy atom. The standard InChI is InChI=1S/C21H26N2O6/c1-26-13-15-7-5-14(6-8-15)11-22-19(24)12-23-21(25)16-9-17(27-2)20(29-4)18(10-16)28-3/h5-10H,11-13H2,1-4H3,(H,22,24)(H,23,25). The molecule has 0 spiro atoms. The largest absolute Gasteiger partial charge is 0.493 e. The third kappa shape index (κ3) is 6.11. The fourth-order valence-corrected chi connectivity index (χ4v) is 2.66. The van der Waals surface area contributed by atoms with E-state index in [0.29, 0.717) is 36.0 Å². The normalized spacial score (nSPS) is 10.2. The Morgan fingerprint density at radius 2 is 1.41 bits per heavy atom. The second kappa shape index (κ2) is 10.9. The molecule has 2 aromatic carbocycles. The lowest BCUT2D eigenvalue weighted by atomic mass is 10.1. The van der Waals surface area contributed by atoms with Crippen LogP contribution in [0.2, 0.25) is 0 Å². The SMILES string of the molecule is COCc1ccc(CNC(=O)CNC(=O)c2cc(OC)c(OC)c(OC)c2)cc1. The van der Waals surface area contributed by atoms with Crippen molar-refractivity contribution in [2.45, 2.75) is 13.2 Å². The van der Waals surface area contributed by atoms with Gasteiger partial charge in [-0.25, -0.2) is 0 Å². The molecule has 8 nitrogen and oxygen atoms in total. The third-order valence-corrected chi connectivity index (χ3v) is 4.16. The van der Waals surface area contributed by atoms with E-state index < -0.39 is 5.91 Å². The van der Waals surface area contributed by atoms with Crippen LogP contribution in [0.5, 0.6) is 17.2 Å². The van der Waals surface area contributed by atoms with E-state index in [1.165, 1.54) is 33.5 Å². The molecule has 0 unspecified atom stereocenters. The lowest BCUT2D eigenvalue weighted by Gasteiger charge is -2.14. The molecule has 0 aromatic heterocycles. The first-order valence-corrected chi connectivity index (χ1v) is 8.94. The molecule has 2 rings (SSSR count). The minimum atomic E-state index is -0.427. The number of hydrogen-bond donors (Lipinski definition) is 2. The van der Waals surface area contributed by atoms with Crippen molar-refractivity contribution in [2.24, 2.45) is 0 Å². The summed E-state index contributed by atoms with van der Waals surface area (Å²) in [5, 5.41) is 5.35. The highest BCUT2D eigenvalue weighted by Crippen LogP contribution is 2.38. The summed E-state index contributed by atoms with van der Waals surface area (Å²) in [6, 6.07) is 10.8. The van der Waals surface area contributed by atoms with Crippen molar-refractivity contribution in [1.29, 1.82) is 0 Å². The molecule has 0 heterocycles. The first kappa shape index (κ1) is 22.0. The summed E-state index contributed by atoms with van der Waals surface area (Å²) in [5.74, 6) is 0.382. The second-order valence-corrected chi connectivity index (χ2v) is 6.12. The molecular formula is C21H26N2O6. The highest BCUT2D eigenvalue weighted by molar-refractivity contribution is 5.97. The van der Waals surface area contributed by atoms with E-state index in [4.69, 9.17) is 18.9 Å². The highest BCUT2D eigenvalue weighted by Gasteiger charge is 2.17. The van der Waals surface area contributed by atoms with Crippen molar-refractivity contribution in [2.75, 3.05) is 35.0 Å². The molecule has 0 radical (unpaired) electrons. The summed E-state index contributed by atoms with van der Waals surface area (Å²) in [6.07, 6.45) is 0. The summed E-state index contributed by atoms with van der Waals surface area (Å²) in [5.41, 5.74) is 2.30. The number of benzene rings is 2. The topological polar surface area (TPSA) is 95.1 Å². The summed E-state index contributed by atoms with van der Waals surface area (Å²) < 4.78 is 20.8. The van der Waals surface area contributed by atoms with Crippen LogP contribution in [0.3, 0.4) is 0 Å². The number of amides is 2. The number of hydrogen-bond acceptors (Lipinski definition) is 6. The zero-order valence-electron chi connectivity index (χ0n) is 17.0. The van der Waals surface area contributed by atoms with Gasteiger partial charge in [0.05, 0.1) is 34.5 Å². The van der Waals surface area contributed by atoms with Gasteiger partial charge in [0, 0.05) is 19.2 Å². The van der Waals surface area contributed by atoms with Crippen molar-refractivity contribution in [1.82, 2.24) is 10.6 Å². The zero-order chi connectivity index (χ0) is 21.2. The van der Waals surface area contributed by atoms with Crippen molar-refractivity contribution in [3.8, 4) is 17.2 Å². The molecule has 2 aromatic rings. The summed E-state index contributed by atoms with van der Waals surface area (Å²) in [7, 11) is 6.05. The number of nitrogens with one attached hydrogen (secondary N) is 2. The van der Waals surface area contributed by atoms with E-state index in [1.54, 1.807) is 7.11 Å². The van der Waals surface area contributed by atoms with Gasteiger partial charge in [0.1, 0.15) is 0 Å². The van der Waals surface area contributed by atoms with Crippen LogP contribution in [0.15, 0.2) is 36.4 Å². The maximum Gasteiger partial charge on any atom is 0.251 e. The highest BCUT2D eigenvalue weighted by atomic mass is 16.5. The lowest BCUT2D eigenvalue weighted by molar-refractivity contribution is -0.120. The van der Waals surface area contributed by atoms with Crippen LogP contribution in [0.1, 0.15) is 21.5 Å². The Morgan fingerprint density at radius 1 is 0.828 bits per heavy atom. The van der Waals surface area contributed by atoms with Crippen LogP contribution < -0.4 is 24.8 Å². The van der Waals surface area contributed by atoms with Crippen LogP contribution >= 0.6 is 0 Å². The van der Waals surface area contributed by atoms with Gasteiger partial charge in [-0.1, -0.05) is 24.3 Å². The van der Waals surface area contributed by atoms with E-state index >= 15 is 0 Å². The van der Waals surface area contributed by atoms with Crippen LogP contribution in [0.25, 0.3) is 0 Å². The molecule has 0 bridgehead atoms. The van der Waals surface area contributed by atoms with Crippen LogP contribution in [-0.4, -0.2) is 46.8 Å². The Kier molecular flexibility index (Phi) is 8.29. The van der Waals surface area contributed by atoms with Crippen molar-refractivity contribution >= 4 is 11.8 Å². The molecule has 0 aliphatic rings. The Balaban J connectivity index is 1.90. The molecule has 29 heavy (non-hydrogen) atoms. The molecule has 0 fully saturated rings. The van der Waals surface area contributed by atoms with Crippen LogP contribution in [0.4, 0.5) is 0 Å². The molecule has 2 amide bonds. The van der Waals surface area contributed by atoms with E-state index in [1.807, 2.05) is 24.3 Å². The van der Waals surface area contributed by atoms with Gasteiger partial charge in [0.2, 0.25) is 11.7 Å². The molecular weight excluding hydrogens is 376 g/mol. The Hall–Kier alpha value is -3.26. The fourth-order valence-electron chi connectivity index (χ4n) is 2.66. The van der Waals surface area contributed by atoms with Gasteiger partial charge in [-0.15, -0.1) is 0 Å². The summed E-state index contributed by atoms with van der Waals surface area (Å²) >= 11 is 0. The lowest BCUT2D eigenvalue weighted by Crippen LogP contribution is -2.36. The van der Waals surface area contributed by atoms with Crippen LogP contribution in [0, 0.1) is 0 Å². The van der Waals surface area contributed by atoms with E-state index in [-0.39, 0.29) is 12.5 Å². The fraction of sp³-hybridized carbons (Fsp3) is 0.333. The number of carbonyl (C=O) groups is 2. The molecule has 2 N–H and O–H groups in total. The van der Waals surface area contributed by atoms with E-state index in [9.17, 15) is 9.59 Å². The molecule has 0 saturated carbocycles. The average molecular weight is 402 g/mol. The second-order valence-electron chi connectivity index (χ2n) is 6.12. The maximum absolute atomic E-state index is 12.4. The predicted octanol–water partition coefficient (Wildman–Crippen LogP) is 1.90. The first-order chi connectivity index (χ1) is 14.0. The van der Waals surface area contributed by atoms with E-state index in [2.05, 4.69) is 10.6 Å². The molecule has 156 valence electrons. The minimum Gasteiger partial charge on any atom is -0.493 e. The number of carbonyl (C=O) groups excluding carboxylic acids is 2. The summed E-state index contributed by atoms with van der Waals surface area (Å²) in [6.45, 7) is 0.753. The van der Waals surface area contributed by atoms with Gasteiger partial charge < -0.3 is 29.6 Å². The van der Waals surface area contributed by atoms with Gasteiger partial charge in [0.25, 0.3) is 5.91 Å². The smallest absolute Gasteiger partial charge is 0.251 e. The van der Waals surface area contributed by atoms with Gasteiger partial charge >= 0.3 is 0 Å². The molecule has 8 heteroatoms. The Bertz CT molecular complexity index is 811.